The predicted molar refractivity (Wildman–Crippen MR) is 80.9 cm³/mol. The summed E-state index contributed by atoms with van der Waals surface area (Å²) in [7, 11) is 2.78. The van der Waals surface area contributed by atoms with E-state index in [1.54, 1.807) is 0 Å². The number of hydrogen-bond donors (Lipinski definition) is 1. The Labute approximate surface area is 129 Å². The molecular weight excluding hydrogens is 308 g/mol. The molecule has 2 rings (SSSR count). The third-order valence-electron chi connectivity index (χ3n) is 3.08. The minimum absolute atomic E-state index is 0.115. The van der Waals surface area contributed by atoms with E-state index in [2.05, 4.69) is 5.32 Å². The van der Waals surface area contributed by atoms with E-state index in [1.165, 1.54) is 30.9 Å². The van der Waals surface area contributed by atoms with Gasteiger partial charge in [0.25, 0.3) is 5.56 Å². The molecule has 1 heterocycles. The Kier molecular flexibility index (Phi) is 4.54. The lowest BCUT2D eigenvalue weighted by Crippen LogP contribution is -2.37. The summed E-state index contributed by atoms with van der Waals surface area (Å²) >= 11 is 0. The van der Waals surface area contributed by atoms with Gasteiger partial charge in [-0.05, 0) is 18.2 Å². The second kappa shape index (κ2) is 6.39. The Bertz CT molecular complexity index is 913. The van der Waals surface area contributed by atoms with Crippen molar-refractivity contribution in [1.82, 2.24) is 9.13 Å². The summed E-state index contributed by atoms with van der Waals surface area (Å²) in [6.45, 7) is 0. The van der Waals surface area contributed by atoms with Gasteiger partial charge < -0.3 is 9.88 Å². The number of aromatic nitrogens is 2. The van der Waals surface area contributed by atoms with Crippen molar-refractivity contribution >= 4 is 17.7 Å². The lowest BCUT2D eigenvalue weighted by atomic mass is 10.2. The summed E-state index contributed by atoms with van der Waals surface area (Å²) in [5.41, 5.74) is -1.13. The third-order valence-corrected chi connectivity index (χ3v) is 3.08. The van der Waals surface area contributed by atoms with E-state index in [4.69, 9.17) is 0 Å². The van der Waals surface area contributed by atoms with Crippen molar-refractivity contribution < 1.29 is 13.6 Å². The molecule has 2 aromatic rings. The molecule has 0 bridgehead atoms. The molecule has 0 aliphatic heterocycles. The predicted octanol–water partition coefficient (Wildman–Crippen LogP) is 1.01. The number of nitrogens with one attached hydrogen (secondary N) is 1. The standard InChI is InChI=1S/C15H13F2N3O3/c1-19-8-9(14(22)20(2)15(19)23)3-6-13(21)18-12-5-4-10(16)7-11(12)17/h3-8H,1-2H3,(H,18,21)/b6-3+. The van der Waals surface area contributed by atoms with Crippen molar-refractivity contribution in [3.8, 4) is 0 Å². The first-order valence-electron chi connectivity index (χ1n) is 6.50. The molecule has 0 radical (unpaired) electrons. The Balaban J connectivity index is 2.22. The van der Waals surface area contributed by atoms with Crippen LogP contribution in [-0.4, -0.2) is 15.0 Å². The van der Waals surface area contributed by atoms with E-state index >= 15 is 0 Å². The number of carbonyl (C=O) groups is 1. The molecule has 0 saturated heterocycles. The number of rotatable bonds is 3. The topological polar surface area (TPSA) is 73.1 Å². The number of nitrogens with zero attached hydrogens (tertiary/aromatic N) is 2. The third kappa shape index (κ3) is 3.60. The van der Waals surface area contributed by atoms with Gasteiger partial charge in [-0.3, -0.25) is 14.2 Å². The summed E-state index contributed by atoms with van der Waals surface area (Å²) in [5.74, 6) is -2.37. The number of amides is 1. The highest BCUT2D eigenvalue weighted by atomic mass is 19.1. The Morgan fingerprint density at radius 3 is 2.57 bits per heavy atom. The van der Waals surface area contributed by atoms with Gasteiger partial charge in [-0.15, -0.1) is 0 Å². The smallest absolute Gasteiger partial charge is 0.320 e. The second-order valence-electron chi connectivity index (χ2n) is 4.79. The largest absolute Gasteiger partial charge is 0.330 e. The summed E-state index contributed by atoms with van der Waals surface area (Å²) < 4.78 is 28.3. The maximum Gasteiger partial charge on any atom is 0.330 e. The van der Waals surface area contributed by atoms with Crippen LogP contribution < -0.4 is 16.6 Å². The van der Waals surface area contributed by atoms with Crippen LogP contribution >= 0.6 is 0 Å². The molecule has 1 amide bonds. The number of anilines is 1. The van der Waals surface area contributed by atoms with Crippen LogP contribution in [0.1, 0.15) is 5.56 Å². The first-order valence-corrected chi connectivity index (χ1v) is 6.50. The van der Waals surface area contributed by atoms with Crippen molar-refractivity contribution in [2.75, 3.05) is 5.32 Å². The zero-order valence-corrected chi connectivity index (χ0v) is 12.3. The number of hydrogen-bond acceptors (Lipinski definition) is 3. The minimum Gasteiger partial charge on any atom is -0.320 e. The number of benzene rings is 1. The molecule has 0 atom stereocenters. The highest BCUT2D eigenvalue weighted by Crippen LogP contribution is 2.14. The van der Waals surface area contributed by atoms with E-state index < -0.39 is 28.8 Å². The number of halogens is 2. The molecule has 8 heteroatoms. The van der Waals surface area contributed by atoms with Crippen LogP contribution in [-0.2, 0) is 18.9 Å². The van der Waals surface area contributed by atoms with E-state index in [0.717, 1.165) is 22.8 Å². The van der Waals surface area contributed by atoms with Gasteiger partial charge in [0.1, 0.15) is 11.6 Å². The molecule has 0 unspecified atom stereocenters. The highest BCUT2D eigenvalue weighted by Gasteiger charge is 2.07. The average Bonchev–Trinajstić information content (AvgIpc) is 2.50. The van der Waals surface area contributed by atoms with Crippen molar-refractivity contribution in [3.63, 3.8) is 0 Å². The van der Waals surface area contributed by atoms with Crippen LogP contribution in [0.15, 0.2) is 40.1 Å². The summed E-state index contributed by atoms with van der Waals surface area (Å²) in [4.78, 5) is 35.1. The number of aryl methyl sites for hydroxylation is 1. The molecule has 1 N–H and O–H groups in total. The Morgan fingerprint density at radius 2 is 1.91 bits per heavy atom. The lowest BCUT2D eigenvalue weighted by Gasteiger charge is -2.04. The van der Waals surface area contributed by atoms with Crippen LogP contribution in [0.25, 0.3) is 6.08 Å². The van der Waals surface area contributed by atoms with E-state index in [0.29, 0.717) is 6.07 Å². The van der Waals surface area contributed by atoms with Gasteiger partial charge >= 0.3 is 5.69 Å². The van der Waals surface area contributed by atoms with Gasteiger partial charge in [0, 0.05) is 32.4 Å². The molecule has 1 aromatic carbocycles. The molecule has 0 saturated carbocycles. The van der Waals surface area contributed by atoms with Gasteiger partial charge in [0.05, 0.1) is 11.3 Å². The SMILES string of the molecule is Cn1cc(/C=C/C(=O)Nc2ccc(F)cc2F)c(=O)n(C)c1=O. The first-order chi connectivity index (χ1) is 10.8. The van der Waals surface area contributed by atoms with Crippen LogP contribution in [0.2, 0.25) is 0 Å². The Hall–Kier alpha value is -3.03. The average molecular weight is 321 g/mol. The maximum atomic E-state index is 13.4. The Morgan fingerprint density at radius 1 is 1.22 bits per heavy atom. The quantitative estimate of drug-likeness (QED) is 0.858. The van der Waals surface area contributed by atoms with Crippen molar-refractivity contribution in [2.45, 2.75) is 0 Å². The van der Waals surface area contributed by atoms with Crippen molar-refractivity contribution in [1.29, 1.82) is 0 Å². The van der Waals surface area contributed by atoms with Gasteiger partial charge in [0.2, 0.25) is 5.91 Å². The molecule has 23 heavy (non-hydrogen) atoms. The normalized spacial score (nSPS) is 11.0. The minimum atomic E-state index is -0.912. The highest BCUT2D eigenvalue weighted by molar-refractivity contribution is 6.01. The zero-order chi connectivity index (χ0) is 17.1. The molecule has 0 aliphatic carbocycles. The van der Waals surface area contributed by atoms with Gasteiger partial charge in [0.15, 0.2) is 0 Å². The fourth-order valence-electron chi connectivity index (χ4n) is 1.88. The molecule has 0 spiro atoms. The summed E-state index contributed by atoms with van der Waals surface area (Å²) in [5, 5.41) is 2.22. The van der Waals surface area contributed by atoms with Gasteiger partial charge in [-0.1, -0.05) is 0 Å². The van der Waals surface area contributed by atoms with Crippen molar-refractivity contribution in [2.24, 2.45) is 14.1 Å². The van der Waals surface area contributed by atoms with Gasteiger partial charge in [-0.2, -0.15) is 0 Å². The van der Waals surface area contributed by atoms with Crippen LogP contribution in [0.4, 0.5) is 14.5 Å². The summed E-state index contributed by atoms with van der Waals surface area (Å²) in [6, 6.07) is 2.73. The monoisotopic (exact) mass is 321 g/mol. The van der Waals surface area contributed by atoms with Crippen LogP contribution in [0.3, 0.4) is 0 Å². The maximum absolute atomic E-state index is 13.4. The molecule has 1 aromatic heterocycles. The van der Waals surface area contributed by atoms with E-state index in [-0.39, 0.29) is 11.3 Å². The second-order valence-corrected chi connectivity index (χ2v) is 4.79. The lowest BCUT2D eigenvalue weighted by molar-refractivity contribution is -0.111. The fourth-order valence-corrected chi connectivity index (χ4v) is 1.88. The molecular formula is C15H13F2N3O3. The first kappa shape index (κ1) is 16.3. The van der Waals surface area contributed by atoms with Crippen LogP contribution in [0, 0.1) is 11.6 Å². The van der Waals surface area contributed by atoms with E-state index in [9.17, 15) is 23.2 Å². The molecule has 0 aliphatic rings. The van der Waals surface area contributed by atoms with Gasteiger partial charge in [-0.25, -0.2) is 13.6 Å². The van der Waals surface area contributed by atoms with E-state index in [1.807, 2.05) is 0 Å². The molecule has 120 valence electrons. The summed E-state index contributed by atoms with van der Waals surface area (Å²) in [6.07, 6.45) is 3.51. The van der Waals surface area contributed by atoms with Crippen LogP contribution in [0.5, 0.6) is 0 Å². The van der Waals surface area contributed by atoms with Crippen molar-refractivity contribution in [3.05, 3.63) is 68.5 Å². The number of carbonyl (C=O) groups excluding carboxylic acids is 1. The molecule has 6 nitrogen and oxygen atoms in total. The zero-order valence-electron chi connectivity index (χ0n) is 12.3. The fraction of sp³-hybridized carbons (Fsp3) is 0.133. The molecule has 0 fully saturated rings.